The van der Waals surface area contributed by atoms with Crippen molar-refractivity contribution in [3.63, 3.8) is 0 Å². The van der Waals surface area contributed by atoms with Gasteiger partial charge in [-0.1, -0.05) is 39.0 Å². The molecule has 0 heterocycles. The van der Waals surface area contributed by atoms with Crippen molar-refractivity contribution in [1.82, 2.24) is 5.43 Å². The average Bonchev–Trinajstić information content (AvgIpc) is 2.81. The molecule has 33 heavy (non-hydrogen) atoms. The number of hydrazone groups is 1. The number of nitrogens with zero attached hydrogens (tertiary/aromatic N) is 2. The smallest absolute Gasteiger partial charge is 0.264 e. The summed E-state index contributed by atoms with van der Waals surface area (Å²) in [6.07, 6.45) is 3.76. The molecule has 0 bridgehead atoms. The Kier molecular flexibility index (Phi) is 7.79. The predicted molar refractivity (Wildman–Crippen MR) is 131 cm³/mol. The Hall–Kier alpha value is -2.87. The van der Waals surface area contributed by atoms with E-state index in [4.69, 9.17) is 4.74 Å². The highest BCUT2D eigenvalue weighted by molar-refractivity contribution is 7.92. The topological polar surface area (TPSA) is 88.1 Å². The molecule has 178 valence electrons. The summed E-state index contributed by atoms with van der Waals surface area (Å²) in [4.78, 5) is 12.9. The molecule has 1 saturated carbocycles. The van der Waals surface area contributed by atoms with Gasteiger partial charge in [0.25, 0.3) is 15.9 Å². The van der Waals surface area contributed by atoms with Crippen LogP contribution in [0.5, 0.6) is 5.75 Å². The largest absolute Gasteiger partial charge is 0.497 e. The van der Waals surface area contributed by atoms with Gasteiger partial charge in [-0.05, 0) is 73.4 Å². The van der Waals surface area contributed by atoms with Crippen LogP contribution in [0.15, 0.2) is 64.6 Å². The van der Waals surface area contributed by atoms with E-state index in [0.717, 1.165) is 35.7 Å². The number of carbonyl (C=O) groups is 1. The molecule has 0 atom stereocenters. The molecular formula is C25H33N3O4S. The zero-order valence-corrected chi connectivity index (χ0v) is 20.6. The van der Waals surface area contributed by atoms with E-state index >= 15 is 0 Å². The number of rotatable bonds is 7. The molecule has 0 aliphatic heterocycles. The van der Waals surface area contributed by atoms with Crippen molar-refractivity contribution >= 4 is 27.3 Å². The summed E-state index contributed by atoms with van der Waals surface area (Å²) in [7, 11) is -2.42. The number of anilines is 1. The third kappa shape index (κ3) is 6.35. The minimum Gasteiger partial charge on any atom is -0.497 e. The summed E-state index contributed by atoms with van der Waals surface area (Å²) in [5, 5.41) is 4.30. The molecule has 1 N–H and O–H groups in total. The van der Waals surface area contributed by atoms with Crippen molar-refractivity contribution in [3.05, 3.63) is 54.6 Å². The number of ether oxygens (including phenoxy) is 1. The van der Waals surface area contributed by atoms with Crippen molar-refractivity contribution in [2.24, 2.45) is 16.4 Å². The third-order valence-corrected chi connectivity index (χ3v) is 7.89. The summed E-state index contributed by atoms with van der Waals surface area (Å²) in [6.45, 7) is 6.37. The zero-order valence-electron chi connectivity index (χ0n) is 19.7. The van der Waals surface area contributed by atoms with E-state index in [2.05, 4.69) is 31.3 Å². The summed E-state index contributed by atoms with van der Waals surface area (Å²) in [5.41, 5.74) is 4.15. The van der Waals surface area contributed by atoms with E-state index in [1.807, 2.05) is 0 Å². The first-order chi connectivity index (χ1) is 15.6. The Labute approximate surface area is 196 Å². The van der Waals surface area contributed by atoms with Crippen molar-refractivity contribution in [2.75, 3.05) is 18.0 Å². The van der Waals surface area contributed by atoms with Crippen LogP contribution in [0.1, 0.15) is 46.5 Å². The Bertz CT molecular complexity index is 1060. The number of hydrogen-bond donors (Lipinski definition) is 1. The van der Waals surface area contributed by atoms with Gasteiger partial charge in [-0.3, -0.25) is 9.10 Å². The molecule has 0 saturated heterocycles. The maximum Gasteiger partial charge on any atom is 0.264 e. The predicted octanol–water partition coefficient (Wildman–Crippen LogP) is 4.60. The van der Waals surface area contributed by atoms with Crippen LogP contribution in [-0.2, 0) is 14.8 Å². The maximum atomic E-state index is 13.3. The van der Waals surface area contributed by atoms with E-state index in [1.165, 1.54) is 19.2 Å². The summed E-state index contributed by atoms with van der Waals surface area (Å²) in [6, 6.07) is 14.6. The number of benzene rings is 2. The van der Waals surface area contributed by atoms with E-state index in [9.17, 15) is 13.2 Å². The van der Waals surface area contributed by atoms with Gasteiger partial charge >= 0.3 is 0 Å². The summed E-state index contributed by atoms with van der Waals surface area (Å²) in [5.74, 6) is 0.738. The Morgan fingerprint density at radius 3 is 2.21 bits per heavy atom. The van der Waals surface area contributed by atoms with Crippen molar-refractivity contribution in [2.45, 2.75) is 51.3 Å². The van der Waals surface area contributed by atoms with Crippen LogP contribution >= 0.6 is 0 Å². The number of nitrogens with one attached hydrogen (secondary N) is 1. The van der Waals surface area contributed by atoms with Gasteiger partial charge in [0.15, 0.2) is 0 Å². The third-order valence-electron chi connectivity index (χ3n) is 6.11. The molecular weight excluding hydrogens is 438 g/mol. The molecule has 1 aliphatic carbocycles. The van der Waals surface area contributed by atoms with Gasteiger partial charge in [-0.2, -0.15) is 5.10 Å². The second kappa shape index (κ2) is 10.4. The van der Waals surface area contributed by atoms with E-state index in [-0.39, 0.29) is 16.9 Å². The molecule has 3 rings (SSSR count). The lowest BCUT2D eigenvalue weighted by molar-refractivity contribution is -0.119. The SMILES string of the molecule is COc1ccc(N(CC(=O)NN=C2CCC(C(C)(C)C)CC2)S(=O)(=O)c2ccccc2)cc1. The molecule has 1 amide bonds. The Balaban J connectivity index is 1.75. The van der Waals surface area contributed by atoms with E-state index < -0.39 is 15.9 Å². The second-order valence-electron chi connectivity index (χ2n) is 9.38. The van der Waals surface area contributed by atoms with Crippen LogP contribution in [0.25, 0.3) is 0 Å². The van der Waals surface area contributed by atoms with Crippen molar-refractivity contribution in [3.8, 4) is 5.75 Å². The van der Waals surface area contributed by atoms with Crippen LogP contribution in [0.4, 0.5) is 5.69 Å². The minimum atomic E-state index is -3.95. The standard InChI is InChI=1S/C25H33N3O4S/c1-25(2,3)19-10-12-20(13-11-19)26-27-24(29)18-28(21-14-16-22(32-4)17-15-21)33(30,31)23-8-6-5-7-9-23/h5-9,14-17,19H,10-13,18H2,1-4H3,(H,27,29). The lowest BCUT2D eigenvalue weighted by Gasteiger charge is -2.34. The molecule has 0 radical (unpaired) electrons. The number of amides is 1. The molecule has 7 nitrogen and oxygen atoms in total. The Morgan fingerprint density at radius 2 is 1.67 bits per heavy atom. The van der Waals surface area contributed by atoms with Crippen LogP contribution in [0.2, 0.25) is 0 Å². The first-order valence-electron chi connectivity index (χ1n) is 11.2. The molecule has 2 aromatic rings. The van der Waals surface area contributed by atoms with Crippen LogP contribution in [0, 0.1) is 11.3 Å². The van der Waals surface area contributed by atoms with Gasteiger partial charge < -0.3 is 4.74 Å². The molecule has 1 fully saturated rings. The number of sulfonamides is 1. The van der Waals surface area contributed by atoms with Gasteiger partial charge in [0.2, 0.25) is 0 Å². The minimum absolute atomic E-state index is 0.112. The molecule has 0 spiro atoms. The van der Waals surface area contributed by atoms with Gasteiger partial charge in [0.1, 0.15) is 12.3 Å². The molecule has 0 aromatic heterocycles. The fourth-order valence-electron chi connectivity index (χ4n) is 4.02. The molecule has 2 aromatic carbocycles. The summed E-state index contributed by atoms with van der Waals surface area (Å²) >= 11 is 0. The van der Waals surface area contributed by atoms with Gasteiger partial charge in [0.05, 0.1) is 17.7 Å². The lowest BCUT2D eigenvalue weighted by Crippen LogP contribution is -2.40. The van der Waals surface area contributed by atoms with Gasteiger partial charge in [0, 0.05) is 5.71 Å². The highest BCUT2D eigenvalue weighted by atomic mass is 32.2. The highest BCUT2D eigenvalue weighted by Crippen LogP contribution is 2.36. The quantitative estimate of drug-likeness (QED) is 0.598. The molecule has 8 heteroatoms. The van der Waals surface area contributed by atoms with E-state index in [1.54, 1.807) is 42.5 Å². The first kappa shape index (κ1) is 24.8. The van der Waals surface area contributed by atoms with Crippen molar-refractivity contribution in [1.29, 1.82) is 0 Å². The van der Waals surface area contributed by atoms with Crippen LogP contribution in [-0.4, -0.2) is 33.7 Å². The normalized spacial score (nSPS) is 16.7. The number of methoxy groups -OCH3 is 1. The maximum absolute atomic E-state index is 13.3. The second-order valence-corrected chi connectivity index (χ2v) is 11.2. The van der Waals surface area contributed by atoms with Gasteiger partial charge in [-0.15, -0.1) is 0 Å². The molecule has 1 aliphatic rings. The average molecular weight is 472 g/mol. The van der Waals surface area contributed by atoms with Crippen molar-refractivity contribution < 1.29 is 17.9 Å². The Morgan fingerprint density at radius 1 is 1.06 bits per heavy atom. The van der Waals surface area contributed by atoms with Crippen LogP contribution in [0.3, 0.4) is 0 Å². The zero-order chi connectivity index (χ0) is 24.1. The number of hydrogen-bond acceptors (Lipinski definition) is 5. The number of carbonyl (C=O) groups excluding carboxylic acids is 1. The van der Waals surface area contributed by atoms with Crippen LogP contribution < -0.4 is 14.5 Å². The fourth-order valence-corrected chi connectivity index (χ4v) is 5.46. The highest BCUT2D eigenvalue weighted by Gasteiger charge is 2.29. The monoisotopic (exact) mass is 471 g/mol. The lowest BCUT2D eigenvalue weighted by atomic mass is 9.72. The van der Waals surface area contributed by atoms with E-state index in [0.29, 0.717) is 17.4 Å². The first-order valence-corrected chi connectivity index (χ1v) is 12.6. The molecule has 0 unspecified atom stereocenters. The fraction of sp³-hybridized carbons (Fsp3) is 0.440. The van der Waals surface area contributed by atoms with Gasteiger partial charge in [-0.25, -0.2) is 13.8 Å². The summed E-state index contributed by atoms with van der Waals surface area (Å²) < 4.78 is 32.9.